The normalized spacial score (nSPS) is 15.3. The second-order valence-corrected chi connectivity index (χ2v) is 8.64. The number of aromatic nitrogens is 1. The summed E-state index contributed by atoms with van der Waals surface area (Å²) in [4.78, 5) is 28.7. The summed E-state index contributed by atoms with van der Waals surface area (Å²) < 4.78 is 6.34. The van der Waals surface area contributed by atoms with E-state index in [1.54, 1.807) is 12.1 Å². The number of ether oxygens (including phenoxy) is 1. The molecule has 148 valence electrons. The van der Waals surface area contributed by atoms with E-state index in [1.165, 1.54) is 29.2 Å². The lowest BCUT2D eigenvalue weighted by atomic mass is 10.00. The predicted molar refractivity (Wildman–Crippen MR) is 111 cm³/mol. The molecule has 0 saturated heterocycles. The lowest BCUT2D eigenvalue weighted by Crippen LogP contribution is -2.32. The molecule has 0 spiro atoms. The third kappa shape index (κ3) is 4.25. The molecular weight excluding hydrogens is 410 g/mol. The fourth-order valence-corrected chi connectivity index (χ4v) is 4.97. The van der Waals surface area contributed by atoms with E-state index in [1.807, 2.05) is 36.6 Å². The van der Waals surface area contributed by atoms with Crippen molar-refractivity contribution < 1.29 is 14.5 Å². The van der Waals surface area contributed by atoms with Crippen molar-refractivity contribution in [2.24, 2.45) is 0 Å². The van der Waals surface area contributed by atoms with Crippen molar-refractivity contribution in [1.29, 1.82) is 0 Å². The molecule has 3 aromatic rings. The van der Waals surface area contributed by atoms with Crippen LogP contribution in [0.1, 0.15) is 34.1 Å². The minimum Gasteiger partial charge on any atom is -0.493 e. The molecule has 1 amide bonds. The summed E-state index contributed by atoms with van der Waals surface area (Å²) in [5, 5.41) is 16.4. The number of nitrogens with one attached hydrogen (secondary N) is 1. The SMILES string of the molecule is Cc1csc(Sc2ccc(C(=O)NC3CCOc4ccccc43)cc2[N+](=O)[O-])n1. The molecular formula is C20H17N3O4S2. The van der Waals surface area contributed by atoms with E-state index in [9.17, 15) is 14.9 Å². The fraction of sp³-hybridized carbons (Fsp3) is 0.200. The molecule has 1 atom stereocenters. The smallest absolute Gasteiger partial charge is 0.284 e. The zero-order valence-corrected chi connectivity index (χ0v) is 17.1. The number of para-hydroxylation sites is 1. The summed E-state index contributed by atoms with van der Waals surface area (Å²) in [5.74, 6) is 0.400. The molecule has 1 N–H and O–H groups in total. The molecule has 1 aliphatic rings. The first kappa shape index (κ1) is 19.4. The first-order valence-corrected chi connectivity index (χ1v) is 10.6. The molecule has 2 aromatic carbocycles. The number of thiazole rings is 1. The number of nitro benzene ring substituents is 1. The first-order chi connectivity index (χ1) is 14.0. The first-order valence-electron chi connectivity index (χ1n) is 8.92. The molecule has 0 aliphatic carbocycles. The highest BCUT2D eigenvalue weighted by Crippen LogP contribution is 2.37. The van der Waals surface area contributed by atoms with E-state index < -0.39 is 4.92 Å². The monoisotopic (exact) mass is 427 g/mol. The number of aryl methyl sites for hydroxylation is 1. The van der Waals surface area contributed by atoms with E-state index >= 15 is 0 Å². The van der Waals surface area contributed by atoms with E-state index in [2.05, 4.69) is 10.3 Å². The molecule has 0 saturated carbocycles. The molecule has 9 heteroatoms. The van der Waals surface area contributed by atoms with E-state index in [4.69, 9.17) is 4.74 Å². The van der Waals surface area contributed by atoms with Gasteiger partial charge in [-0.3, -0.25) is 14.9 Å². The number of rotatable bonds is 5. The maximum Gasteiger partial charge on any atom is 0.284 e. The molecule has 0 bridgehead atoms. The molecule has 4 rings (SSSR count). The molecule has 7 nitrogen and oxygen atoms in total. The number of amides is 1. The van der Waals surface area contributed by atoms with Crippen LogP contribution >= 0.6 is 23.1 Å². The van der Waals surface area contributed by atoms with Crippen molar-refractivity contribution in [3.05, 3.63) is 74.8 Å². The zero-order chi connectivity index (χ0) is 20.4. The van der Waals surface area contributed by atoms with Gasteiger partial charge in [-0.2, -0.15) is 0 Å². The van der Waals surface area contributed by atoms with E-state index in [0.717, 1.165) is 21.3 Å². The third-order valence-electron chi connectivity index (χ3n) is 4.48. The zero-order valence-electron chi connectivity index (χ0n) is 15.5. The minimum atomic E-state index is -0.469. The predicted octanol–water partition coefficient (Wildman–Crippen LogP) is 4.76. The van der Waals surface area contributed by atoms with Gasteiger partial charge in [0, 0.05) is 34.7 Å². The number of nitrogens with zero attached hydrogens (tertiary/aromatic N) is 2. The van der Waals surface area contributed by atoms with Crippen molar-refractivity contribution in [1.82, 2.24) is 10.3 Å². The van der Waals surface area contributed by atoms with Crippen LogP contribution in [-0.2, 0) is 0 Å². The second kappa shape index (κ2) is 8.22. The highest BCUT2D eigenvalue weighted by atomic mass is 32.2. The van der Waals surface area contributed by atoms with Crippen LogP contribution in [0, 0.1) is 17.0 Å². The van der Waals surface area contributed by atoms with Gasteiger partial charge >= 0.3 is 0 Å². The van der Waals surface area contributed by atoms with Crippen LogP contribution < -0.4 is 10.1 Å². The highest BCUT2D eigenvalue weighted by Gasteiger charge is 2.25. The van der Waals surface area contributed by atoms with Gasteiger partial charge in [0.05, 0.1) is 22.5 Å². The van der Waals surface area contributed by atoms with E-state index in [-0.39, 0.29) is 23.2 Å². The standard InChI is InChI=1S/C20H17N3O4S2/c1-12-11-28-20(21-12)29-18-7-6-13(10-16(18)23(25)26)19(24)22-15-8-9-27-17-5-3-2-4-14(15)17/h2-7,10-11,15H,8-9H2,1H3,(H,22,24). The Hall–Kier alpha value is -2.91. The van der Waals surface area contributed by atoms with Gasteiger partial charge in [0.2, 0.25) is 0 Å². The van der Waals surface area contributed by atoms with Crippen LogP contribution in [0.25, 0.3) is 0 Å². The van der Waals surface area contributed by atoms with Crippen LogP contribution in [0.3, 0.4) is 0 Å². The van der Waals surface area contributed by atoms with Crippen LogP contribution in [0.4, 0.5) is 5.69 Å². The van der Waals surface area contributed by atoms with Gasteiger partial charge in [-0.1, -0.05) is 30.0 Å². The topological polar surface area (TPSA) is 94.4 Å². The summed E-state index contributed by atoms with van der Waals surface area (Å²) >= 11 is 2.66. The van der Waals surface area contributed by atoms with E-state index in [0.29, 0.717) is 17.9 Å². The molecule has 29 heavy (non-hydrogen) atoms. The van der Waals surface area contributed by atoms with Crippen LogP contribution in [0.5, 0.6) is 5.75 Å². The quantitative estimate of drug-likeness (QED) is 0.466. The molecule has 0 fully saturated rings. The van der Waals surface area contributed by atoms with Crippen molar-refractivity contribution in [3.63, 3.8) is 0 Å². The minimum absolute atomic E-state index is 0.108. The second-order valence-electron chi connectivity index (χ2n) is 6.50. The molecule has 0 radical (unpaired) electrons. The summed E-state index contributed by atoms with van der Waals surface area (Å²) in [5.41, 5.74) is 1.92. The lowest BCUT2D eigenvalue weighted by molar-refractivity contribution is -0.387. The molecule has 1 aromatic heterocycles. The van der Waals surface area contributed by atoms with Gasteiger partial charge in [0.1, 0.15) is 5.75 Å². The van der Waals surface area contributed by atoms with Gasteiger partial charge in [-0.05, 0) is 25.1 Å². The number of carbonyl (C=O) groups is 1. The van der Waals surface area contributed by atoms with Crippen LogP contribution in [0.15, 0.2) is 57.1 Å². The summed E-state index contributed by atoms with van der Waals surface area (Å²) in [6.45, 7) is 2.38. The Morgan fingerprint density at radius 3 is 2.93 bits per heavy atom. The van der Waals surface area contributed by atoms with Crippen LogP contribution in [0.2, 0.25) is 0 Å². The Bertz CT molecular complexity index is 1080. The Balaban J connectivity index is 1.56. The van der Waals surface area contributed by atoms with Gasteiger partial charge in [-0.25, -0.2) is 4.98 Å². The largest absolute Gasteiger partial charge is 0.493 e. The summed E-state index contributed by atoms with van der Waals surface area (Å²) in [6.07, 6.45) is 0.641. The molecule has 1 unspecified atom stereocenters. The van der Waals surface area contributed by atoms with Crippen molar-refractivity contribution in [2.75, 3.05) is 6.61 Å². The van der Waals surface area contributed by atoms with Gasteiger partial charge < -0.3 is 10.1 Å². The maximum absolute atomic E-state index is 12.8. The van der Waals surface area contributed by atoms with Gasteiger partial charge in [0.25, 0.3) is 11.6 Å². The average molecular weight is 428 g/mol. The summed E-state index contributed by atoms with van der Waals surface area (Å²) in [7, 11) is 0. The molecule has 1 aliphatic heterocycles. The van der Waals surface area contributed by atoms with Crippen LogP contribution in [-0.4, -0.2) is 22.4 Å². The third-order valence-corrected chi connectivity index (χ3v) is 6.60. The molecule has 2 heterocycles. The Morgan fingerprint density at radius 2 is 2.17 bits per heavy atom. The number of benzene rings is 2. The van der Waals surface area contributed by atoms with Crippen molar-refractivity contribution in [3.8, 4) is 5.75 Å². The Labute approximate surface area is 175 Å². The highest BCUT2D eigenvalue weighted by molar-refractivity contribution is 8.01. The number of hydrogen-bond donors (Lipinski definition) is 1. The van der Waals surface area contributed by atoms with Crippen molar-refractivity contribution >= 4 is 34.7 Å². The van der Waals surface area contributed by atoms with Crippen molar-refractivity contribution in [2.45, 2.75) is 28.6 Å². The maximum atomic E-state index is 12.8. The van der Waals surface area contributed by atoms with Gasteiger partial charge in [0.15, 0.2) is 4.34 Å². The number of carbonyl (C=O) groups excluding carboxylic acids is 1. The number of nitro groups is 1. The number of hydrogen-bond acceptors (Lipinski definition) is 7. The Kier molecular flexibility index (Phi) is 5.50. The van der Waals surface area contributed by atoms with Gasteiger partial charge in [-0.15, -0.1) is 11.3 Å². The fourth-order valence-electron chi connectivity index (χ4n) is 3.09. The average Bonchev–Trinajstić information content (AvgIpc) is 3.13. The number of fused-ring (bicyclic) bond motifs is 1. The lowest BCUT2D eigenvalue weighted by Gasteiger charge is -2.26. The summed E-state index contributed by atoms with van der Waals surface area (Å²) in [6, 6.07) is 11.9. The Morgan fingerprint density at radius 1 is 1.34 bits per heavy atom.